The molecule has 1 aliphatic rings. The molecule has 2 amide bonds. The van der Waals surface area contributed by atoms with Gasteiger partial charge in [0.05, 0.1) is 10.9 Å². The third-order valence-corrected chi connectivity index (χ3v) is 3.49. The first-order chi connectivity index (χ1) is 12.8. The third-order valence-electron chi connectivity index (χ3n) is 3.49. The molecule has 0 radical (unpaired) electrons. The van der Waals surface area contributed by atoms with Gasteiger partial charge in [0.2, 0.25) is 5.91 Å². The van der Waals surface area contributed by atoms with Crippen molar-refractivity contribution in [3.63, 3.8) is 0 Å². The monoisotopic (exact) mass is 306 g/mol. The average Bonchev–Trinajstić information content (AvgIpc) is 2.59. The van der Waals surface area contributed by atoms with E-state index in [0.29, 0.717) is 4.57 Å². The van der Waals surface area contributed by atoms with Crippen molar-refractivity contribution in [1.82, 2.24) is 14.9 Å². The highest BCUT2D eigenvalue weighted by molar-refractivity contribution is 6.01. The number of carbonyl (C=O) groups excluding carboxylic acids is 2. The number of aromatic nitrogens is 2. The third kappa shape index (κ3) is 1.89. The fraction of sp³-hybridized carbons (Fsp3) is 0.333. The van der Waals surface area contributed by atoms with Crippen LogP contribution >= 0.6 is 0 Å². The minimum absolute atomic E-state index is 0.0266. The first-order valence-corrected chi connectivity index (χ1v) is 6.30. The van der Waals surface area contributed by atoms with Crippen molar-refractivity contribution in [2.75, 3.05) is 5.73 Å². The molecule has 0 aliphatic carbocycles. The van der Waals surface area contributed by atoms with Crippen molar-refractivity contribution in [2.45, 2.75) is 32.1 Å². The number of carbonyl (C=O) groups is 2. The van der Waals surface area contributed by atoms with Crippen molar-refractivity contribution in [3.05, 3.63) is 34.4 Å². The van der Waals surface area contributed by atoms with Crippen LogP contribution in [0.3, 0.4) is 0 Å². The Labute approximate surface area is 134 Å². The van der Waals surface area contributed by atoms with Gasteiger partial charge in [0.25, 0.3) is 11.5 Å². The summed E-state index contributed by atoms with van der Waals surface area (Å²) in [5, 5.41) is 1.56. The summed E-state index contributed by atoms with van der Waals surface area (Å²) in [5.41, 5.74) is 2.20. The highest BCUT2D eigenvalue weighted by atomic mass is 16.2. The Balaban J connectivity index is 2.52. The van der Waals surface area contributed by atoms with E-state index < -0.39 is 48.4 Å². The Hall–Kier alpha value is -2.70. The molecule has 1 aromatic heterocycles. The van der Waals surface area contributed by atoms with Crippen LogP contribution in [0.5, 0.6) is 0 Å². The lowest BCUT2D eigenvalue weighted by Crippen LogP contribution is -2.56. The van der Waals surface area contributed by atoms with Crippen molar-refractivity contribution >= 4 is 28.4 Å². The van der Waals surface area contributed by atoms with Gasteiger partial charge in [-0.1, -0.05) is 6.07 Å². The normalized spacial score (nSPS) is 30.6. The number of rotatable bonds is 1. The summed E-state index contributed by atoms with van der Waals surface area (Å²) in [4.78, 5) is 41.9. The number of nitrogens with zero attached hydrogens (tertiary/aromatic N) is 2. The number of benzene rings is 1. The molecule has 7 nitrogen and oxygen atoms in total. The Morgan fingerprint density at radius 3 is 2.95 bits per heavy atom. The molecule has 7 heteroatoms. The Morgan fingerprint density at radius 2 is 2.23 bits per heavy atom. The zero-order chi connectivity index (χ0) is 21.2. The molecule has 0 saturated carbocycles. The molecular weight excluding hydrogens is 284 g/mol. The summed E-state index contributed by atoms with van der Waals surface area (Å²) in [6.45, 7) is -0.991. The molecule has 1 saturated heterocycles. The summed E-state index contributed by atoms with van der Waals surface area (Å²) in [7, 11) is 0. The number of amides is 2. The maximum Gasteiger partial charge on any atom is 0.264 e. The number of hydrogen-bond acceptors (Lipinski definition) is 5. The number of nitrogen functional groups attached to an aromatic ring is 1. The highest BCUT2D eigenvalue weighted by Gasteiger charge is 2.42. The zero-order valence-electron chi connectivity index (χ0n) is 17.5. The lowest BCUT2D eigenvalue weighted by Gasteiger charge is -2.34. The number of fused-ring (bicyclic) bond motifs is 1. The number of imide groups is 1. The van der Waals surface area contributed by atoms with Crippen LogP contribution in [-0.2, 0) is 15.1 Å². The Kier molecular flexibility index (Phi) is 1.84. The fourth-order valence-corrected chi connectivity index (χ4v) is 2.35. The van der Waals surface area contributed by atoms with Crippen LogP contribution in [0.1, 0.15) is 33.7 Å². The van der Waals surface area contributed by atoms with Gasteiger partial charge in [-0.15, -0.1) is 0 Å². The number of nitrogens with two attached hydrogens (primary N) is 1. The van der Waals surface area contributed by atoms with Gasteiger partial charge in [0, 0.05) is 20.3 Å². The molecule has 2 heterocycles. The summed E-state index contributed by atoms with van der Waals surface area (Å²) >= 11 is 0. The molecule has 114 valence electrons. The van der Waals surface area contributed by atoms with Crippen LogP contribution in [0.25, 0.3) is 10.9 Å². The van der Waals surface area contributed by atoms with Crippen LogP contribution in [-0.4, -0.2) is 21.4 Å². The van der Waals surface area contributed by atoms with Crippen molar-refractivity contribution < 1.29 is 17.8 Å². The standard InChI is InChI=1S/C15H16N4O3/c1-8-17-10-5-3-4-9(16)12(10)13(21)19(8)15(2)7-6-11(20)18-14(15)22/h3-5H,6-7,16H2,1-2H3,(H,18,20,22)/i1D2,6D2,7D2. The van der Waals surface area contributed by atoms with Crippen molar-refractivity contribution in [2.24, 2.45) is 0 Å². The summed E-state index contributed by atoms with van der Waals surface area (Å²) in [5.74, 6) is -3.37. The van der Waals surface area contributed by atoms with Gasteiger partial charge in [0.1, 0.15) is 11.4 Å². The van der Waals surface area contributed by atoms with Crippen LogP contribution in [0.2, 0.25) is 0 Å². The first kappa shape index (κ1) is 8.67. The second kappa shape index (κ2) is 4.66. The molecule has 1 aliphatic heterocycles. The lowest BCUT2D eigenvalue weighted by molar-refractivity contribution is -0.140. The van der Waals surface area contributed by atoms with E-state index in [1.165, 1.54) is 18.2 Å². The second-order valence-corrected chi connectivity index (χ2v) is 4.96. The van der Waals surface area contributed by atoms with Gasteiger partial charge in [-0.05, 0) is 32.3 Å². The van der Waals surface area contributed by atoms with Gasteiger partial charge in [-0.25, -0.2) is 4.98 Å². The Bertz CT molecular complexity index is 1080. The molecule has 3 N–H and O–H groups in total. The first-order valence-electron chi connectivity index (χ1n) is 9.46. The van der Waals surface area contributed by atoms with Crippen LogP contribution in [0, 0.1) is 6.88 Å². The quantitative estimate of drug-likeness (QED) is 0.587. The lowest BCUT2D eigenvalue weighted by atomic mass is 9.90. The topological polar surface area (TPSA) is 107 Å². The van der Waals surface area contributed by atoms with E-state index in [1.807, 2.05) is 0 Å². The summed E-state index contributed by atoms with van der Waals surface area (Å²) in [6.07, 6.45) is -6.41. The van der Waals surface area contributed by atoms with E-state index in [1.54, 1.807) is 5.32 Å². The van der Waals surface area contributed by atoms with Crippen molar-refractivity contribution in [1.29, 1.82) is 0 Å². The smallest absolute Gasteiger partial charge is 0.264 e. The number of aryl methyl sites for hydroxylation is 1. The van der Waals surface area contributed by atoms with Gasteiger partial charge in [0.15, 0.2) is 0 Å². The zero-order valence-corrected chi connectivity index (χ0v) is 11.5. The maximum atomic E-state index is 13.2. The van der Waals surface area contributed by atoms with E-state index in [9.17, 15) is 14.4 Å². The van der Waals surface area contributed by atoms with E-state index in [0.717, 1.165) is 6.92 Å². The van der Waals surface area contributed by atoms with E-state index in [-0.39, 0.29) is 16.6 Å². The molecular formula is C15H16N4O3. The molecule has 1 atom stereocenters. The minimum Gasteiger partial charge on any atom is -0.398 e. The number of piperidine rings is 1. The molecule has 1 aromatic carbocycles. The van der Waals surface area contributed by atoms with E-state index in [2.05, 4.69) is 4.98 Å². The maximum absolute atomic E-state index is 13.2. The van der Waals surface area contributed by atoms with Gasteiger partial charge in [-0.3, -0.25) is 24.3 Å². The predicted molar refractivity (Wildman–Crippen MR) is 81.2 cm³/mol. The molecule has 2 aromatic rings. The van der Waals surface area contributed by atoms with Gasteiger partial charge in [-0.2, -0.15) is 0 Å². The molecule has 3 rings (SSSR count). The summed E-state index contributed by atoms with van der Waals surface area (Å²) < 4.78 is 48.1. The van der Waals surface area contributed by atoms with Gasteiger partial charge >= 0.3 is 0 Å². The van der Waals surface area contributed by atoms with E-state index >= 15 is 0 Å². The van der Waals surface area contributed by atoms with Gasteiger partial charge < -0.3 is 5.73 Å². The average molecular weight is 306 g/mol. The number of nitrogens with one attached hydrogen (secondary N) is 1. The molecule has 1 unspecified atom stereocenters. The Morgan fingerprint density at radius 1 is 1.45 bits per heavy atom. The fourth-order valence-electron chi connectivity index (χ4n) is 2.35. The highest BCUT2D eigenvalue weighted by Crippen LogP contribution is 2.27. The molecule has 1 fully saturated rings. The van der Waals surface area contributed by atoms with E-state index in [4.69, 9.17) is 14.0 Å². The summed E-state index contributed by atoms with van der Waals surface area (Å²) in [6, 6.07) is 4.28. The number of hydrogen-bond donors (Lipinski definition) is 2. The van der Waals surface area contributed by atoms with Crippen LogP contribution < -0.4 is 16.6 Å². The second-order valence-electron chi connectivity index (χ2n) is 4.96. The molecule has 0 bridgehead atoms. The predicted octanol–water partition coefficient (Wildman–Crippen LogP) is 0.439. The van der Waals surface area contributed by atoms with Crippen LogP contribution in [0.15, 0.2) is 23.0 Å². The van der Waals surface area contributed by atoms with Crippen molar-refractivity contribution in [3.8, 4) is 0 Å². The minimum atomic E-state index is -3.22. The van der Waals surface area contributed by atoms with Crippen LogP contribution in [0.4, 0.5) is 5.69 Å². The molecule has 22 heavy (non-hydrogen) atoms. The molecule has 0 spiro atoms. The SMILES string of the molecule is [2H]C([2H])c1nc2cccc(N)c2c(=O)n1C1(C)C(=O)NC(=O)C([2H])([2H])C1([2H])[2H]. The largest absolute Gasteiger partial charge is 0.398 e. The number of anilines is 1.